The van der Waals surface area contributed by atoms with Crippen LogP contribution in [-0.2, 0) is 6.42 Å². The lowest BCUT2D eigenvalue weighted by Crippen LogP contribution is -1.94. The Hall–Kier alpha value is -1.77. The van der Waals surface area contributed by atoms with Gasteiger partial charge in [0.05, 0.1) is 17.6 Å². The van der Waals surface area contributed by atoms with Crippen LogP contribution < -0.4 is 0 Å². The summed E-state index contributed by atoms with van der Waals surface area (Å²) in [5.74, 6) is -0.229. The monoisotopic (exact) mass is 314 g/mol. The third-order valence-corrected chi connectivity index (χ3v) is 4.13. The highest BCUT2D eigenvalue weighted by Gasteiger charge is 2.02. The van der Waals surface area contributed by atoms with Gasteiger partial charge in [-0.25, -0.2) is 4.39 Å². The van der Waals surface area contributed by atoms with E-state index in [1.165, 1.54) is 63.5 Å². The van der Waals surface area contributed by atoms with Crippen LogP contribution in [0.3, 0.4) is 0 Å². The van der Waals surface area contributed by atoms with Crippen LogP contribution in [-0.4, -0.2) is 9.97 Å². The van der Waals surface area contributed by atoms with Crippen LogP contribution in [0.1, 0.15) is 64.0 Å². The largest absolute Gasteiger partial charge is 0.257 e. The fourth-order valence-electron chi connectivity index (χ4n) is 2.69. The lowest BCUT2D eigenvalue weighted by molar-refractivity contribution is 0.574. The van der Waals surface area contributed by atoms with Gasteiger partial charge in [-0.3, -0.25) is 9.97 Å². The van der Waals surface area contributed by atoms with E-state index in [2.05, 4.69) is 16.9 Å². The first kappa shape index (κ1) is 17.6. The number of nitrogens with zero attached hydrogens (tertiary/aromatic N) is 2. The molecule has 0 saturated carbocycles. The molecule has 1 heterocycles. The average Bonchev–Trinajstić information content (AvgIpc) is 2.59. The second kappa shape index (κ2) is 10.1. The van der Waals surface area contributed by atoms with E-state index in [4.69, 9.17) is 0 Å². The Morgan fingerprint density at radius 2 is 1.43 bits per heavy atom. The minimum absolute atomic E-state index is 0.229. The minimum atomic E-state index is -0.229. The van der Waals surface area contributed by atoms with Crippen LogP contribution in [0.2, 0.25) is 0 Å². The van der Waals surface area contributed by atoms with Gasteiger partial charge in [0.1, 0.15) is 5.82 Å². The van der Waals surface area contributed by atoms with E-state index < -0.39 is 0 Å². The zero-order valence-electron chi connectivity index (χ0n) is 14.1. The summed E-state index contributed by atoms with van der Waals surface area (Å²) >= 11 is 0. The molecule has 0 radical (unpaired) electrons. The Morgan fingerprint density at radius 3 is 2.04 bits per heavy atom. The molecule has 3 heteroatoms. The summed E-state index contributed by atoms with van der Waals surface area (Å²) < 4.78 is 12.9. The molecule has 0 atom stereocenters. The molecule has 0 unspecified atom stereocenters. The van der Waals surface area contributed by atoms with Crippen molar-refractivity contribution >= 4 is 0 Å². The summed E-state index contributed by atoms with van der Waals surface area (Å²) in [7, 11) is 0. The van der Waals surface area contributed by atoms with Crippen LogP contribution in [0.5, 0.6) is 0 Å². The molecule has 2 aromatic rings. The van der Waals surface area contributed by atoms with E-state index in [-0.39, 0.29) is 5.82 Å². The van der Waals surface area contributed by atoms with Gasteiger partial charge >= 0.3 is 0 Å². The van der Waals surface area contributed by atoms with E-state index in [1.54, 1.807) is 18.3 Å². The minimum Gasteiger partial charge on any atom is -0.257 e. The predicted octanol–water partition coefficient (Wildman–Crippen LogP) is 5.97. The Balaban J connectivity index is 1.68. The molecule has 0 aliphatic heterocycles. The van der Waals surface area contributed by atoms with E-state index in [1.807, 2.05) is 6.20 Å². The Morgan fingerprint density at radius 1 is 0.783 bits per heavy atom. The number of benzene rings is 1. The lowest BCUT2D eigenvalue weighted by atomic mass is 10.1. The maximum absolute atomic E-state index is 12.9. The molecule has 2 nitrogen and oxygen atoms in total. The maximum Gasteiger partial charge on any atom is 0.123 e. The molecule has 2 rings (SSSR count). The van der Waals surface area contributed by atoms with Gasteiger partial charge in [0.25, 0.3) is 0 Å². The quantitative estimate of drug-likeness (QED) is 0.505. The molecule has 0 saturated heterocycles. The number of aromatic nitrogens is 2. The third-order valence-electron chi connectivity index (χ3n) is 4.13. The molecule has 23 heavy (non-hydrogen) atoms. The number of halogens is 1. The molecule has 124 valence electrons. The van der Waals surface area contributed by atoms with Crippen molar-refractivity contribution in [3.8, 4) is 11.3 Å². The Kier molecular flexibility index (Phi) is 7.71. The molecule has 0 aliphatic carbocycles. The molecule has 0 aliphatic rings. The zero-order valence-corrected chi connectivity index (χ0v) is 14.1. The first-order valence-corrected chi connectivity index (χ1v) is 8.86. The number of hydrogen-bond acceptors (Lipinski definition) is 2. The van der Waals surface area contributed by atoms with Crippen molar-refractivity contribution in [2.75, 3.05) is 0 Å². The topological polar surface area (TPSA) is 25.8 Å². The zero-order chi connectivity index (χ0) is 16.3. The SMILES string of the molecule is CCCCCCCCCCc1cnc(-c2ccc(F)cc2)cn1. The van der Waals surface area contributed by atoms with Crippen molar-refractivity contribution in [1.29, 1.82) is 0 Å². The predicted molar refractivity (Wildman–Crippen MR) is 93.7 cm³/mol. The second-order valence-corrected chi connectivity index (χ2v) is 6.12. The van der Waals surface area contributed by atoms with E-state index in [9.17, 15) is 4.39 Å². The van der Waals surface area contributed by atoms with Gasteiger partial charge in [0.15, 0.2) is 0 Å². The van der Waals surface area contributed by atoms with Gasteiger partial charge in [-0.2, -0.15) is 0 Å². The molecule has 1 aromatic heterocycles. The summed E-state index contributed by atoms with van der Waals surface area (Å²) in [5.41, 5.74) is 2.74. The summed E-state index contributed by atoms with van der Waals surface area (Å²) in [6.07, 6.45) is 15.2. The summed E-state index contributed by atoms with van der Waals surface area (Å²) in [4.78, 5) is 8.92. The fraction of sp³-hybridized carbons (Fsp3) is 0.500. The second-order valence-electron chi connectivity index (χ2n) is 6.12. The molecule has 0 bridgehead atoms. The average molecular weight is 314 g/mol. The third kappa shape index (κ3) is 6.47. The highest BCUT2D eigenvalue weighted by atomic mass is 19.1. The van der Waals surface area contributed by atoms with Crippen LogP contribution in [0.25, 0.3) is 11.3 Å². The Labute approximate surface area is 139 Å². The summed E-state index contributed by atoms with van der Waals surface area (Å²) in [6.45, 7) is 2.25. The van der Waals surface area contributed by atoms with Gasteiger partial charge in [0.2, 0.25) is 0 Å². The van der Waals surface area contributed by atoms with Crippen LogP contribution in [0.15, 0.2) is 36.7 Å². The van der Waals surface area contributed by atoms with Crippen LogP contribution >= 0.6 is 0 Å². The number of hydrogen-bond donors (Lipinski definition) is 0. The van der Waals surface area contributed by atoms with Gasteiger partial charge in [0, 0.05) is 11.8 Å². The van der Waals surface area contributed by atoms with Crippen LogP contribution in [0.4, 0.5) is 4.39 Å². The lowest BCUT2D eigenvalue weighted by Gasteiger charge is -2.04. The fourth-order valence-corrected chi connectivity index (χ4v) is 2.69. The van der Waals surface area contributed by atoms with Gasteiger partial charge in [-0.15, -0.1) is 0 Å². The van der Waals surface area contributed by atoms with Crippen molar-refractivity contribution in [1.82, 2.24) is 9.97 Å². The van der Waals surface area contributed by atoms with Crippen molar-refractivity contribution in [2.24, 2.45) is 0 Å². The molecule has 0 amide bonds. The van der Waals surface area contributed by atoms with E-state index in [0.29, 0.717) is 0 Å². The highest BCUT2D eigenvalue weighted by Crippen LogP contribution is 2.17. The Bertz CT molecular complexity index is 549. The van der Waals surface area contributed by atoms with Crippen molar-refractivity contribution < 1.29 is 4.39 Å². The molecular weight excluding hydrogens is 287 g/mol. The molecule has 1 aromatic carbocycles. The summed E-state index contributed by atoms with van der Waals surface area (Å²) in [5, 5.41) is 0. The number of rotatable bonds is 10. The van der Waals surface area contributed by atoms with Gasteiger partial charge in [-0.05, 0) is 37.1 Å². The first-order valence-electron chi connectivity index (χ1n) is 8.86. The summed E-state index contributed by atoms with van der Waals surface area (Å²) in [6, 6.07) is 6.37. The van der Waals surface area contributed by atoms with Gasteiger partial charge < -0.3 is 0 Å². The number of unbranched alkanes of at least 4 members (excludes halogenated alkanes) is 7. The molecule has 0 N–H and O–H groups in total. The standard InChI is InChI=1S/C20H27FN2/c1-2-3-4-5-6-7-8-9-10-19-15-23-20(16-22-19)17-11-13-18(21)14-12-17/h11-16H,2-10H2,1H3. The van der Waals surface area contributed by atoms with Crippen molar-refractivity contribution in [3.63, 3.8) is 0 Å². The van der Waals surface area contributed by atoms with Crippen LogP contribution in [0, 0.1) is 5.82 Å². The highest BCUT2D eigenvalue weighted by molar-refractivity contribution is 5.57. The van der Waals surface area contributed by atoms with Crippen molar-refractivity contribution in [3.05, 3.63) is 48.2 Å². The smallest absolute Gasteiger partial charge is 0.123 e. The molecule has 0 fully saturated rings. The van der Waals surface area contributed by atoms with Gasteiger partial charge in [-0.1, -0.05) is 51.9 Å². The number of aryl methyl sites for hydroxylation is 1. The van der Waals surface area contributed by atoms with Crippen molar-refractivity contribution in [2.45, 2.75) is 64.7 Å². The molecular formula is C20H27FN2. The van der Waals surface area contributed by atoms with E-state index in [0.717, 1.165) is 23.4 Å². The molecule has 0 spiro atoms. The normalized spacial score (nSPS) is 10.9. The first-order chi connectivity index (χ1) is 11.3. The van der Waals surface area contributed by atoms with E-state index >= 15 is 0 Å². The maximum atomic E-state index is 12.9.